The highest BCUT2D eigenvalue weighted by Crippen LogP contribution is 2.49. The Labute approximate surface area is 210 Å². The highest BCUT2D eigenvalue weighted by molar-refractivity contribution is 6.04. The topological polar surface area (TPSA) is 70.2 Å². The Morgan fingerprint density at radius 3 is 2.64 bits per heavy atom. The lowest BCUT2D eigenvalue weighted by molar-refractivity contribution is -0.0285. The molecule has 5 rings (SSSR count). The Morgan fingerprint density at radius 2 is 1.92 bits per heavy atom. The van der Waals surface area contributed by atoms with E-state index < -0.39 is 17.7 Å². The summed E-state index contributed by atoms with van der Waals surface area (Å²) in [6.07, 6.45) is 4.66. The number of likely N-dealkylation sites (tertiary alicyclic amines) is 1. The second-order valence-electron chi connectivity index (χ2n) is 9.77. The number of benzene rings is 2. The lowest BCUT2D eigenvalue weighted by Crippen LogP contribution is -2.21. The SMILES string of the molecule is Cc1[nH]c(-c2ccc(OCCCN3CCCC3)cc2)nc1C(=O)Nc1cccc(C(F)(F)C2CC2)c1. The molecule has 1 aliphatic heterocycles. The predicted molar refractivity (Wildman–Crippen MR) is 136 cm³/mol. The van der Waals surface area contributed by atoms with E-state index >= 15 is 0 Å². The van der Waals surface area contributed by atoms with Crippen molar-refractivity contribution < 1.29 is 18.3 Å². The van der Waals surface area contributed by atoms with Crippen LogP contribution in [0.1, 0.15) is 53.8 Å². The number of aromatic nitrogens is 2. The molecule has 1 amide bonds. The molecule has 1 aliphatic carbocycles. The van der Waals surface area contributed by atoms with Gasteiger partial charge in [0.1, 0.15) is 17.3 Å². The molecule has 2 aromatic carbocycles. The normalized spacial score (nSPS) is 16.3. The van der Waals surface area contributed by atoms with Crippen molar-refractivity contribution in [3.05, 3.63) is 65.5 Å². The van der Waals surface area contributed by atoms with E-state index in [1.807, 2.05) is 24.3 Å². The van der Waals surface area contributed by atoms with Crippen molar-refractivity contribution in [3.8, 4) is 17.1 Å². The van der Waals surface area contributed by atoms with E-state index in [-0.39, 0.29) is 11.3 Å². The molecule has 1 aromatic heterocycles. The van der Waals surface area contributed by atoms with Crippen LogP contribution in [0.4, 0.5) is 14.5 Å². The van der Waals surface area contributed by atoms with Gasteiger partial charge in [-0.2, -0.15) is 0 Å². The number of imidazole rings is 1. The molecule has 1 saturated heterocycles. The fourth-order valence-corrected chi connectivity index (χ4v) is 4.69. The van der Waals surface area contributed by atoms with Crippen LogP contribution in [-0.4, -0.2) is 47.0 Å². The summed E-state index contributed by atoms with van der Waals surface area (Å²) in [5, 5.41) is 2.72. The van der Waals surface area contributed by atoms with Crippen LogP contribution < -0.4 is 10.1 Å². The molecule has 0 unspecified atom stereocenters. The first kappa shape index (κ1) is 24.4. The zero-order valence-electron chi connectivity index (χ0n) is 20.5. The first-order valence-electron chi connectivity index (χ1n) is 12.7. The maximum Gasteiger partial charge on any atom is 0.276 e. The standard InChI is InChI=1S/C28H32F2N4O2/c1-19-25(27(35)32-23-7-4-6-22(18-23)28(29,30)21-10-11-21)33-26(31-19)20-8-12-24(13-9-20)36-17-5-16-34-14-2-3-15-34/h4,6-9,12-13,18,21H,2-3,5,10-11,14-17H2,1H3,(H,31,33)(H,32,35). The molecule has 2 aliphatic rings. The third kappa shape index (κ3) is 5.59. The van der Waals surface area contributed by atoms with Crippen molar-refractivity contribution >= 4 is 11.6 Å². The number of carbonyl (C=O) groups excluding carboxylic acids is 1. The lowest BCUT2D eigenvalue weighted by Gasteiger charge is -2.17. The van der Waals surface area contributed by atoms with Gasteiger partial charge in [0.25, 0.3) is 11.8 Å². The number of nitrogens with zero attached hydrogens (tertiary/aromatic N) is 2. The van der Waals surface area contributed by atoms with Crippen LogP contribution in [0.3, 0.4) is 0 Å². The summed E-state index contributed by atoms with van der Waals surface area (Å²) in [6.45, 7) is 5.90. The van der Waals surface area contributed by atoms with Crippen LogP contribution in [0.2, 0.25) is 0 Å². The van der Waals surface area contributed by atoms with E-state index in [1.165, 1.54) is 38.1 Å². The number of amides is 1. The average Bonchev–Trinajstić information content (AvgIpc) is 3.49. The number of H-pyrrole nitrogens is 1. The molecule has 2 heterocycles. The summed E-state index contributed by atoms with van der Waals surface area (Å²) >= 11 is 0. The fraction of sp³-hybridized carbons (Fsp3) is 0.429. The Hall–Kier alpha value is -3.26. The van der Waals surface area contributed by atoms with Gasteiger partial charge in [-0.15, -0.1) is 0 Å². The number of aryl methyl sites for hydroxylation is 1. The number of alkyl halides is 2. The van der Waals surface area contributed by atoms with E-state index in [9.17, 15) is 13.6 Å². The zero-order chi connectivity index (χ0) is 25.1. The molecule has 0 bridgehead atoms. The van der Waals surface area contributed by atoms with Crippen LogP contribution >= 0.6 is 0 Å². The number of rotatable bonds is 10. The van der Waals surface area contributed by atoms with E-state index in [0.29, 0.717) is 36.7 Å². The van der Waals surface area contributed by atoms with Gasteiger partial charge in [-0.05, 0) is 88.5 Å². The minimum absolute atomic E-state index is 0.0689. The van der Waals surface area contributed by atoms with Crippen molar-refractivity contribution in [2.75, 3.05) is 31.6 Å². The fourth-order valence-electron chi connectivity index (χ4n) is 4.69. The quantitative estimate of drug-likeness (QED) is 0.339. The molecule has 2 N–H and O–H groups in total. The smallest absolute Gasteiger partial charge is 0.276 e. The number of ether oxygens (including phenoxy) is 1. The van der Waals surface area contributed by atoms with Crippen LogP contribution in [0.15, 0.2) is 48.5 Å². The number of carbonyl (C=O) groups is 1. The molecule has 36 heavy (non-hydrogen) atoms. The molecule has 8 heteroatoms. The molecule has 0 atom stereocenters. The predicted octanol–water partition coefficient (Wildman–Crippen LogP) is 6.00. The third-order valence-corrected chi connectivity index (χ3v) is 6.91. The van der Waals surface area contributed by atoms with Gasteiger partial charge in [-0.1, -0.05) is 12.1 Å². The summed E-state index contributed by atoms with van der Waals surface area (Å²) in [6, 6.07) is 13.5. The number of halogens is 2. The lowest BCUT2D eigenvalue weighted by atomic mass is 10.0. The molecule has 6 nitrogen and oxygen atoms in total. The van der Waals surface area contributed by atoms with Crippen molar-refractivity contribution in [2.45, 2.75) is 45.0 Å². The van der Waals surface area contributed by atoms with Crippen molar-refractivity contribution in [1.29, 1.82) is 0 Å². The van der Waals surface area contributed by atoms with Gasteiger partial charge >= 0.3 is 0 Å². The molecular formula is C28H32F2N4O2. The number of aromatic amines is 1. The zero-order valence-corrected chi connectivity index (χ0v) is 20.5. The number of hydrogen-bond acceptors (Lipinski definition) is 4. The molecular weight excluding hydrogens is 462 g/mol. The molecule has 3 aromatic rings. The summed E-state index contributed by atoms with van der Waals surface area (Å²) in [7, 11) is 0. The monoisotopic (exact) mass is 494 g/mol. The van der Waals surface area contributed by atoms with Gasteiger partial charge in [0.05, 0.1) is 6.61 Å². The summed E-state index contributed by atoms with van der Waals surface area (Å²) < 4.78 is 34.8. The number of nitrogens with one attached hydrogen (secondary N) is 2. The van der Waals surface area contributed by atoms with Crippen molar-refractivity contribution in [2.24, 2.45) is 5.92 Å². The van der Waals surface area contributed by atoms with Crippen molar-refractivity contribution in [3.63, 3.8) is 0 Å². The van der Waals surface area contributed by atoms with Gasteiger partial charge < -0.3 is 19.9 Å². The summed E-state index contributed by atoms with van der Waals surface area (Å²) in [4.78, 5) is 23.0. The van der Waals surface area contributed by atoms with Crippen LogP contribution in [-0.2, 0) is 5.92 Å². The maximum atomic E-state index is 14.5. The number of anilines is 1. The molecule has 0 radical (unpaired) electrons. The minimum atomic E-state index is -2.88. The Bertz CT molecular complexity index is 1200. The van der Waals surface area contributed by atoms with E-state index in [1.54, 1.807) is 19.1 Å². The Balaban J connectivity index is 1.19. The van der Waals surface area contributed by atoms with Gasteiger partial charge in [0.15, 0.2) is 0 Å². The van der Waals surface area contributed by atoms with Crippen LogP contribution in [0.5, 0.6) is 5.75 Å². The summed E-state index contributed by atoms with van der Waals surface area (Å²) in [5.74, 6) is -2.57. The van der Waals surface area contributed by atoms with Gasteiger partial charge in [0.2, 0.25) is 0 Å². The molecule has 1 saturated carbocycles. The van der Waals surface area contributed by atoms with Crippen LogP contribution in [0, 0.1) is 12.8 Å². The van der Waals surface area contributed by atoms with E-state index in [0.717, 1.165) is 24.3 Å². The van der Waals surface area contributed by atoms with Gasteiger partial charge in [-0.25, -0.2) is 13.8 Å². The second kappa shape index (κ2) is 10.4. The highest BCUT2D eigenvalue weighted by Gasteiger charge is 2.47. The minimum Gasteiger partial charge on any atom is -0.494 e. The summed E-state index contributed by atoms with van der Waals surface area (Å²) in [5.41, 5.74) is 1.91. The van der Waals surface area contributed by atoms with E-state index in [2.05, 4.69) is 20.2 Å². The largest absolute Gasteiger partial charge is 0.494 e. The Morgan fingerprint density at radius 1 is 1.17 bits per heavy atom. The van der Waals surface area contributed by atoms with Crippen LogP contribution in [0.25, 0.3) is 11.4 Å². The molecule has 0 spiro atoms. The highest BCUT2D eigenvalue weighted by atomic mass is 19.3. The van der Waals surface area contributed by atoms with Gasteiger partial charge in [0, 0.05) is 35.0 Å². The molecule has 190 valence electrons. The third-order valence-electron chi connectivity index (χ3n) is 6.91. The average molecular weight is 495 g/mol. The second-order valence-corrected chi connectivity index (χ2v) is 9.77. The maximum absolute atomic E-state index is 14.5. The molecule has 2 fully saturated rings. The van der Waals surface area contributed by atoms with Gasteiger partial charge in [-0.3, -0.25) is 4.79 Å². The van der Waals surface area contributed by atoms with Crippen molar-refractivity contribution in [1.82, 2.24) is 14.9 Å². The number of hydrogen-bond donors (Lipinski definition) is 2. The first-order chi connectivity index (χ1) is 17.4. The van der Waals surface area contributed by atoms with E-state index in [4.69, 9.17) is 4.74 Å². The first-order valence-corrected chi connectivity index (χ1v) is 12.7. The Kier molecular flexibility index (Phi) is 7.05.